The molecule has 0 spiro atoms. The number of amides is 2. The summed E-state index contributed by atoms with van der Waals surface area (Å²) >= 11 is 0. The highest BCUT2D eigenvalue weighted by atomic mass is 19.1. The Labute approximate surface area is 134 Å². The second-order valence-electron chi connectivity index (χ2n) is 5.71. The molecule has 0 atom stereocenters. The van der Waals surface area contributed by atoms with Gasteiger partial charge in [-0.15, -0.1) is 0 Å². The van der Waals surface area contributed by atoms with E-state index in [1.807, 2.05) is 6.92 Å². The van der Waals surface area contributed by atoms with Crippen molar-refractivity contribution in [2.24, 2.45) is 5.92 Å². The molecule has 2 amide bonds. The monoisotopic (exact) mass is 320 g/mol. The first-order valence-corrected chi connectivity index (χ1v) is 7.88. The van der Waals surface area contributed by atoms with Crippen LogP contribution in [0.25, 0.3) is 0 Å². The molecule has 23 heavy (non-hydrogen) atoms. The van der Waals surface area contributed by atoms with E-state index in [2.05, 4.69) is 5.32 Å². The molecule has 5 nitrogen and oxygen atoms in total. The lowest BCUT2D eigenvalue weighted by Gasteiger charge is -2.22. The molecule has 1 aliphatic rings. The van der Waals surface area contributed by atoms with Gasteiger partial charge in [0.1, 0.15) is 12.1 Å². The molecule has 0 aromatic heterocycles. The minimum atomic E-state index is -0.649. The SMILES string of the molecule is CCCN(CCNC(=O)C1CC1)C(=O)c1cc(C=O)ccc1F. The summed E-state index contributed by atoms with van der Waals surface area (Å²) in [5, 5.41) is 2.79. The topological polar surface area (TPSA) is 66.5 Å². The molecule has 0 heterocycles. The van der Waals surface area contributed by atoms with Crippen LogP contribution in [0.5, 0.6) is 0 Å². The lowest BCUT2D eigenvalue weighted by molar-refractivity contribution is -0.122. The van der Waals surface area contributed by atoms with Gasteiger partial charge >= 0.3 is 0 Å². The minimum absolute atomic E-state index is 0.0167. The molecular weight excluding hydrogens is 299 g/mol. The quantitative estimate of drug-likeness (QED) is 0.745. The number of nitrogens with zero attached hydrogens (tertiary/aromatic N) is 1. The maximum Gasteiger partial charge on any atom is 0.256 e. The van der Waals surface area contributed by atoms with Crippen molar-refractivity contribution in [3.63, 3.8) is 0 Å². The van der Waals surface area contributed by atoms with Crippen molar-refractivity contribution in [2.45, 2.75) is 26.2 Å². The molecule has 1 aromatic rings. The first-order valence-electron chi connectivity index (χ1n) is 7.88. The highest BCUT2D eigenvalue weighted by molar-refractivity contribution is 5.96. The molecule has 0 radical (unpaired) electrons. The van der Waals surface area contributed by atoms with Gasteiger partial charge in [0, 0.05) is 31.1 Å². The van der Waals surface area contributed by atoms with Gasteiger partial charge < -0.3 is 10.2 Å². The number of carbonyl (C=O) groups excluding carboxylic acids is 3. The predicted molar refractivity (Wildman–Crippen MR) is 83.7 cm³/mol. The van der Waals surface area contributed by atoms with Crippen LogP contribution in [-0.2, 0) is 4.79 Å². The lowest BCUT2D eigenvalue weighted by atomic mass is 10.1. The van der Waals surface area contributed by atoms with Gasteiger partial charge in [0.25, 0.3) is 5.91 Å². The fourth-order valence-electron chi connectivity index (χ4n) is 2.34. The number of hydrogen-bond donors (Lipinski definition) is 1. The molecule has 1 N–H and O–H groups in total. The summed E-state index contributed by atoms with van der Waals surface area (Å²) in [6.07, 6.45) is 3.15. The summed E-state index contributed by atoms with van der Waals surface area (Å²) in [5.41, 5.74) is 0.143. The maximum absolute atomic E-state index is 13.9. The molecule has 0 aliphatic heterocycles. The zero-order chi connectivity index (χ0) is 16.8. The van der Waals surface area contributed by atoms with Gasteiger partial charge in [-0.05, 0) is 37.5 Å². The molecular formula is C17H21FN2O3. The van der Waals surface area contributed by atoms with Gasteiger partial charge in [-0.1, -0.05) is 6.92 Å². The molecule has 1 aromatic carbocycles. The van der Waals surface area contributed by atoms with Crippen LogP contribution in [0.2, 0.25) is 0 Å². The standard InChI is InChI=1S/C17H21FN2O3/c1-2-8-20(9-7-19-16(22)13-4-5-13)17(23)14-10-12(11-21)3-6-15(14)18/h3,6,10-11,13H,2,4-5,7-9H2,1H3,(H,19,22). The number of benzene rings is 1. The zero-order valence-corrected chi connectivity index (χ0v) is 13.2. The molecule has 0 unspecified atom stereocenters. The number of hydrogen-bond acceptors (Lipinski definition) is 3. The van der Waals surface area contributed by atoms with Crippen LogP contribution in [0, 0.1) is 11.7 Å². The van der Waals surface area contributed by atoms with E-state index in [4.69, 9.17) is 0 Å². The summed E-state index contributed by atoms with van der Waals surface area (Å²) in [6.45, 7) is 3.04. The molecule has 1 aliphatic carbocycles. The van der Waals surface area contributed by atoms with Crippen LogP contribution in [0.1, 0.15) is 46.9 Å². The van der Waals surface area contributed by atoms with Gasteiger partial charge in [-0.3, -0.25) is 14.4 Å². The van der Waals surface area contributed by atoms with Gasteiger partial charge in [0.05, 0.1) is 5.56 Å². The average molecular weight is 320 g/mol. The molecule has 6 heteroatoms. The van der Waals surface area contributed by atoms with E-state index in [9.17, 15) is 18.8 Å². The second-order valence-corrected chi connectivity index (χ2v) is 5.71. The van der Waals surface area contributed by atoms with Crippen LogP contribution in [0.3, 0.4) is 0 Å². The number of nitrogens with one attached hydrogen (secondary N) is 1. The third-order valence-electron chi connectivity index (χ3n) is 3.77. The molecule has 2 rings (SSSR count). The zero-order valence-electron chi connectivity index (χ0n) is 13.2. The smallest absolute Gasteiger partial charge is 0.256 e. The summed E-state index contributed by atoms with van der Waals surface area (Å²) in [5.74, 6) is -0.979. The predicted octanol–water partition coefficient (Wildman–Crippen LogP) is 2.02. The number of aldehydes is 1. The van der Waals surface area contributed by atoms with E-state index in [1.165, 1.54) is 17.0 Å². The first-order chi connectivity index (χ1) is 11.1. The third-order valence-corrected chi connectivity index (χ3v) is 3.77. The Hall–Kier alpha value is -2.24. The van der Waals surface area contributed by atoms with Gasteiger partial charge in [0.15, 0.2) is 0 Å². The Balaban J connectivity index is 2.01. The number of rotatable bonds is 8. The molecule has 0 saturated heterocycles. The maximum atomic E-state index is 13.9. The van der Waals surface area contributed by atoms with Crippen molar-refractivity contribution in [2.75, 3.05) is 19.6 Å². The Kier molecular flexibility index (Phi) is 5.84. The normalized spacial score (nSPS) is 13.5. The van der Waals surface area contributed by atoms with Gasteiger partial charge in [-0.25, -0.2) is 4.39 Å². The van der Waals surface area contributed by atoms with E-state index >= 15 is 0 Å². The third kappa shape index (κ3) is 4.61. The summed E-state index contributed by atoms with van der Waals surface area (Å²) < 4.78 is 13.9. The van der Waals surface area contributed by atoms with Crippen LogP contribution < -0.4 is 5.32 Å². The Morgan fingerprint density at radius 3 is 2.70 bits per heavy atom. The second kappa shape index (κ2) is 7.85. The Bertz CT molecular complexity index is 600. The summed E-state index contributed by atoms with van der Waals surface area (Å²) in [6, 6.07) is 3.71. The number of carbonyl (C=O) groups is 3. The molecule has 1 saturated carbocycles. The minimum Gasteiger partial charge on any atom is -0.354 e. The summed E-state index contributed by atoms with van der Waals surface area (Å²) in [4.78, 5) is 36.4. The largest absolute Gasteiger partial charge is 0.354 e. The van der Waals surface area contributed by atoms with E-state index in [1.54, 1.807) is 0 Å². The first kappa shape index (κ1) is 17.1. The molecule has 124 valence electrons. The highest BCUT2D eigenvalue weighted by Crippen LogP contribution is 2.28. The van der Waals surface area contributed by atoms with Crippen molar-refractivity contribution in [1.29, 1.82) is 0 Å². The fraction of sp³-hybridized carbons (Fsp3) is 0.471. The van der Waals surface area contributed by atoms with Crippen molar-refractivity contribution in [3.8, 4) is 0 Å². The van der Waals surface area contributed by atoms with Crippen LogP contribution in [0.15, 0.2) is 18.2 Å². The number of halogens is 1. The van der Waals surface area contributed by atoms with Gasteiger partial charge in [0.2, 0.25) is 5.91 Å². The molecule has 0 bridgehead atoms. The summed E-state index contributed by atoms with van der Waals surface area (Å²) in [7, 11) is 0. The van der Waals surface area contributed by atoms with Gasteiger partial charge in [-0.2, -0.15) is 0 Å². The van der Waals surface area contributed by atoms with E-state index in [-0.39, 0.29) is 23.0 Å². The van der Waals surface area contributed by atoms with E-state index in [0.717, 1.165) is 25.3 Å². The van der Waals surface area contributed by atoms with Crippen molar-refractivity contribution >= 4 is 18.1 Å². The van der Waals surface area contributed by atoms with Crippen molar-refractivity contribution in [1.82, 2.24) is 10.2 Å². The van der Waals surface area contributed by atoms with Crippen LogP contribution >= 0.6 is 0 Å². The van der Waals surface area contributed by atoms with Crippen LogP contribution in [0.4, 0.5) is 4.39 Å². The fourth-order valence-corrected chi connectivity index (χ4v) is 2.34. The highest BCUT2D eigenvalue weighted by Gasteiger charge is 2.29. The molecule has 1 fully saturated rings. The lowest BCUT2D eigenvalue weighted by Crippen LogP contribution is -2.39. The Morgan fingerprint density at radius 2 is 2.09 bits per heavy atom. The van der Waals surface area contributed by atoms with E-state index in [0.29, 0.717) is 25.9 Å². The van der Waals surface area contributed by atoms with Crippen molar-refractivity contribution < 1.29 is 18.8 Å². The van der Waals surface area contributed by atoms with Crippen molar-refractivity contribution in [3.05, 3.63) is 35.1 Å². The average Bonchev–Trinajstić information content (AvgIpc) is 3.38. The van der Waals surface area contributed by atoms with Crippen LogP contribution in [-0.4, -0.2) is 42.6 Å². The van der Waals surface area contributed by atoms with E-state index < -0.39 is 11.7 Å². The Morgan fingerprint density at radius 1 is 1.35 bits per heavy atom.